The van der Waals surface area contributed by atoms with Crippen molar-refractivity contribution in [3.8, 4) is 0 Å². The lowest BCUT2D eigenvalue weighted by molar-refractivity contribution is 0.0708. The summed E-state index contributed by atoms with van der Waals surface area (Å²) in [7, 11) is 0. The van der Waals surface area contributed by atoms with Crippen LogP contribution in [-0.4, -0.2) is 36.0 Å². The number of nitrogens with zero attached hydrogens (tertiary/aromatic N) is 2. The second kappa shape index (κ2) is 6.25. The van der Waals surface area contributed by atoms with Gasteiger partial charge in [0.1, 0.15) is 0 Å². The van der Waals surface area contributed by atoms with E-state index in [1.807, 2.05) is 25.1 Å². The summed E-state index contributed by atoms with van der Waals surface area (Å²) in [5.41, 5.74) is 6.20. The van der Waals surface area contributed by atoms with Gasteiger partial charge in [0.2, 0.25) is 0 Å². The molecule has 2 aromatic carbocycles. The summed E-state index contributed by atoms with van der Waals surface area (Å²) in [6, 6.07) is 12.9. The maximum absolute atomic E-state index is 13.5. The molecule has 1 spiro atoms. The van der Waals surface area contributed by atoms with Crippen molar-refractivity contribution in [1.82, 2.24) is 4.90 Å². The summed E-state index contributed by atoms with van der Waals surface area (Å²) < 4.78 is 0. The van der Waals surface area contributed by atoms with Crippen LogP contribution in [0.5, 0.6) is 0 Å². The molecule has 3 fully saturated rings. The van der Waals surface area contributed by atoms with Gasteiger partial charge < -0.3 is 9.80 Å². The van der Waals surface area contributed by atoms with Crippen LogP contribution in [0.25, 0.3) is 0 Å². The first-order valence-electron chi connectivity index (χ1n) is 11.1. The van der Waals surface area contributed by atoms with Crippen LogP contribution in [0.4, 0.5) is 5.69 Å². The smallest absolute Gasteiger partial charge is 0.254 e. The van der Waals surface area contributed by atoms with Gasteiger partial charge in [0.15, 0.2) is 0 Å². The van der Waals surface area contributed by atoms with E-state index >= 15 is 0 Å². The van der Waals surface area contributed by atoms with Crippen LogP contribution in [-0.2, 0) is 0 Å². The van der Waals surface area contributed by atoms with Crippen molar-refractivity contribution in [2.75, 3.05) is 24.5 Å². The number of anilines is 1. The molecule has 2 aliphatic heterocycles. The van der Waals surface area contributed by atoms with E-state index in [2.05, 4.69) is 28.0 Å². The number of likely N-dealkylation sites (tertiary alicyclic amines) is 1. The Morgan fingerprint density at radius 3 is 2.62 bits per heavy atom. The van der Waals surface area contributed by atoms with E-state index in [1.165, 1.54) is 49.2 Å². The first kappa shape index (κ1) is 17.8. The number of carbonyl (C=O) groups excluding carboxylic acids is 1. The zero-order valence-electron chi connectivity index (χ0n) is 17.0. The van der Waals surface area contributed by atoms with Gasteiger partial charge in [0.05, 0.1) is 5.54 Å². The maximum Gasteiger partial charge on any atom is 0.254 e. The molecule has 2 heterocycles. The molecule has 1 saturated carbocycles. The second-order valence-electron chi connectivity index (χ2n) is 9.42. The number of amides is 1. The molecule has 0 bridgehead atoms. The van der Waals surface area contributed by atoms with Gasteiger partial charge in [-0.2, -0.15) is 0 Å². The molecule has 1 amide bonds. The molecule has 150 valence electrons. The van der Waals surface area contributed by atoms with Crippen molar-refractivity contribution in [3.63, 3.8) is 0 Å². The lowest BCUT2D eigenvalue weighted by atomic mass is 9.92. The van der Waals surface area contributed by atoms with Crippen LogP contribution in [0, 0.1) is 6.92 Å². The summed E-state index contributed by atoms with van der Waals surface area (Å²) in [4.78, 5) is 18.2. The largest absolute Gasteiger partial charge is 0.372 e. The number of hydrogen-bond acceptors (Lipinski definition) is 2. The Labute approximate surface area is 177 Å². The lowest BCUT2D eigenvalue weighted by Crippen LogP contribution is -2.39. The third kappa shape index (κ3) is 2.53. The Kier molecular flexibility index (Phi) is 3.84. The third-order valence-corrected chi connectivity index (χ3v) is 8.02. The number of hydrogen-bond donors (Lipinski definition) is 0. The van der Waals surface area contributed by atoms with Gasteiger partial charge in [0.25, 0.3) is 5.91 Å². The lowest BCUT2D eigenvalue weighted by Gasteiger charge is -2.29. The summed E-state index contributed by atoms with van der Waals surface area (Å²) in [6.07, 6.45) is 6.16. The number of rotatable bonds is 2. The highest BCUT2D eigenvalue weighted by molar-refractivity contribution is 6.31. The highest BCUT2D eigenvalue weighted by Crippen LogP contribution is 2.72. The first-order chi connectivity index (χ1) is 14.1. The minimum absolute atomic E-state index is 0.0240. The minimum Gasteiger partial charge on any atom is -0.372 e. The standard InChI is InChI=1S/C25H27ClN2O/c1-16-11-17(13-18(26)12-16)24(29)28-10-7-22-20-6-5-19(27-8-3-2-4-9-27)14-21(20)23-15-25(22,23)28/h5-6,11-14,22-23H,2-4,7-10,15H2,1H3. The van der Waals surface area contributed by atoms with Crippen molar-refractivity contribution in [1.29, 1.82) is 0 Å². The van der Waals surface area contributed by atoms with Gasteiger partial charge in [-0.15, -0.1) is 0 Å². The second-order valence-corrected chi connectivity index (χ2v) is 9.86. The molecule has 4 aliphatic rings. The predicted molar refractivity (Wildman–Crippen MR) is 117 cm³/mol. The Morgan fingerprint density at radius 1 is 1.00 bits per heavy atom. The Hall–Kier alpha value is -2.00. The van der Waals surface area contributed by atoms with Crippen molar-refractivity contribution in [2.24, 2.45) is 0 Å². The average Bonchev–Trinajstić information content (AvgIpc) is 3.23. The van der Waals surface area contributed by atoms with E-state index in [0.717, 1.165) is 30.5 Å². The van der Waals surface area contributed by atoms with Gasteiger partial charge in [-0.05, 0) is 86.1 Å². The van der Waals surface area contributed by atoms with Gasteiger partial charge in [-0.25, -0.2) is 0 Å². The van der Waals surface area contributed by atoms with Crippen LogP contribution in [0.2, 0.25) is 5.02 Å². The van der Waals surface area contributed by atoms with Crippen LogP contribution in [0.3, 0.4) is 0 Å². The zero-order chi connectivity index (χ0) is 19.8. The van der Waals surface area contributed by atoms with Crippen molar-refractivity contribution in [2.45, 2.75) is 56.4 Å². The molecule has 0 aromatic heterocycles. The van der Waals surface area contributed by atoms with E-state index in [4.69, 9.17) is 11.6 Å². The summed E-state index contributed by atoms with van der Waals surface area (Å²) in [5, 5.41) is 0.648. The molecular weight excluding hydrogens is 380 g/mol. The zero-order valence-corrected chi connectivity index (χ0v) is 17.7. The van der Waals surface area contributed by atoms with Crippen LogP contribution >= 0.6 is 11.6 Å². The van der Waals surface area contributed by atoms with E-state index in [-0.39, 0.29) is 11.4 Å². The van der Waals surface area contributed by atoms with E-state index in [9.17, 15) is 4.79 Å². The van der Waals surface area contributed by atoms with Crippen molar-refractivity contribution < 1.29 is 4.79 Å². The van der Waals surface area contributed by atoms with Gasteiger partial charge >= 0.3 is 0 Å². The normalized spacial score (nSPS) is 29.4. The monoisotopic (exact) mass is 406 g/mol. The number of piperidine rings is 1. The van der Waals surface area contributed by atoms with Gasteiger partial charge in [-0.3, -0.25) is 4.79 Å². The van der Waals surface area contributed by atoms with Crippen LogP contribution in [0.15, 0.2) is 36.4 Å². The topological polar surface area (TPSA) is 23.6 Å². The summed E-state index contributed by atoms with van der Waals surface area (Å²) in [5.74, 6) is 1.17. The molecule has 2 saturated heterocycles. The molecule has 6 rings (SSSR count). The van der Waals surface area contributed by atoms with Gasteiger partial charge in [-0.1, -0.05) is 17.7 Å². The number of fused-ring (bicyclic) bond motifs is 3. The molecule has 2 aliphatic carbocycles. The molecule has 4 heteroatoms. The van der Waals surface area contributed by atoms with Crippen LogP contribution in [0.1, 0.15) is 71.0 Å². The predicted octanol–water partition coefficient (Wildman–Crippen LogP) is 5.51. The fourth-order valence-corrected chi connectivity index (χ4v) is 6.79. The van der Waals surface area contributed by atoms with E-state index in [1.54, 1.807) is 0 Å². The Balaban J connectivity index is 1.32. The number of aryl methyl sites for hydroxylation is 1. The molecule has 29 heavy (non-hydrogen) atoms. The number of halogens is 1. The van der Waals surface area contributed by atoms with Crippen LogP contribution < -0.4 is 4.90 Å². The Bertz CT molecular complexity index is 992. The summed E-state index contributed by atoms with van der Waals surface area (Å²) >= 11 is 6.25. The summed E-state index contributed by atoms with van der Waals surface area (Å²) in [6.45, 7) is 5.22. The fourth-order valence-electron chi connectivity index (χ4n) is 6.50. The SMILES string of the molecule is Cc1cc(Cl)cc(C(=O)N2CCC3c4ccc(N5CCCCC5)cc4C4CC342)c1. The van der Waals surface area contributed by atoms with E-state index < -0.39 is 0 Å². The third-order valence-electron chi connectivity index (χ3n) is 7.80. The quantitative estimate of drug-likeness (QED) is 0.656. The fraction of sp³-hybridized carbons (Fsp3) is 0.480. The Morgan fingerprint density at radius 2 is 1.83 bits per heavy atom. The molecule has 2 aromatic rings. The van der Waals surface area contributed by atoms with Gasteiger partial charge in [0, 0.05) is 47.7 Å². The first-order valence-corrected chi connectivity index (χ1v) is 11.4. The maximum atomic E-state index is 13.5. The molecule has 0 N–H and O–H groups in total. The molecule has 3 unspecified atom stereocenters. The molecule has 3 atom stereocenters. The van der Waals surface area contributed by atoms with E-state index in [0.29, 0.717) is 16.9 Å². The average molecular weight is 407 g/mol. The molecule has 3 nitrogen and oxygen atoms in total. The molecular formula is C25H27ClN2O. The van der Waals surface area contributed by atoms with Crippen molar-refractivity contribution >= 4 is 23.2 Å². The highest BCUT2D eigenvalue weighted by Gasteiger charge is 2.71. The minimum atomic E-state index is 0.0240. The number of benzene rings is 2. The highest BCUT2D eigenvalue weighted by atomic mass is 35.5. The van der Waals surface area contributed by atoms with Crippen molar-refractivity contribution in [3.05, 3.63) is 63.7 Å². The molecule has 0 radical (unpaired) electrons. The number of carbonyl (C=O) groups is 1.